The second-order valence-electron chi connectivity index (χ2n) is 2.67. The monoisotopic (exact) mass is 226 g/mol. The summed E-state index contributed by atoms with van der Waals surface area (Å²) in [5.74, 6) is -0.845. The fourth-order valence-corrected chi connectivity index (χ4v) is 2.17. The lowest BCUT2D eigenvalue weighted by molar-refractivity contribution is -0.133. The van der Waals surface area contributed by atoms with Crippen LogP contribution in [0.2, 0.25) is 0 Å². The average molecular weight is 226 g/mol. The topological polar surface area (TPSA) is 80.7 Å². The lowest BCUT2D eigenvalue weighted by Gasteiger charge is -2.10. The van der Waals surface area contributed by atoms with Gasteiger partial charge >= 0.3 is 5.97 Å². The van der Waals surface area contributed by atoms with Crippen LogP contribution < -0.4 is 0 Å². The number of hydrogen-bond acceptors (Lipinski definition) is 4. The number of carbonyl (C=O) groups excluding carboxylic acids is 1. The van der Waals surface area contributed by atoms with Crippen molar-refractivity contribution in [3.05, 3.63) is 0 Å². The van der Waals surface area contributed by atoms with Gasteiger partial charge in [0, 0.05) is 0 Å². The summed E-state index contributed by atoms with van der Waals surface area (Å²) in [6.07, 6.45) is 1.46. The summed E-state index contributed by atoms with van der Waals surface area (Å²) in [6, 6.07) is 0. The molecule has 0 aliphatic heterocycles. The zero-order valence-corrected chi connectivity index (χ0v) is 10.5. The Hall–Kier alpha value is -0.403. The zero-order valence-electron chi connectivity index (χ0n) is 7.69. The molecule has 0 rings (SSSR count). The van der Waals surface area contributed by atoms with Gasteiger partial charge in [-0.25, -0.2) is 0 Å². The minimum absolute atomic E-state index is 0.121. The van der Waals surface area contributed by atoms with Crippen LogP contribution in [0, 0.1) is 0 Å². The van der Waals surface area contributed by atoms with E-state index in [1.165, 1.54) is 0 Å². The fourth-order valence-electron chi connectivity index (χ4n) is 0.909. The van der Waals surface area contributed by atoms with E-state index >= 15 is 0 Å². The molecule has 0 saturated carbocycles. The summed E-state index contributed by atoms with van der Waals surface area (Å²) in [6.45, 7) is 1.87. The highest BCUT2D eigenvalue weighted by atomic mass is 32.2. The van der Waals surface area contributed by atoms with Crippen molar-refractivity contribution in [1.82, 2.24) is 0 Å². The molecule has 1 N–H and O–H groups in total. The number of hydrogen-bond donors (Lipinski definition) is 1. The van der Waals surface area contributed by atoms with Crippen molar-refractivity contribution in [2.45, 2.75) is 31.4 Å². The summed E-state index contributed by atoms with van der Waals surface area (Å²) < 4.78 is 34.5. The molecule has 0 aromatic carbocycles. The Labute approximate surface area is 80.8 Å². The second kappa shape index (κ2) is 5.35. The number of rotatable bonds is 5. The molecule has 0 aromatic rings. The van der Waals surface area contributed by atoms with Crippen LogP contribution in [0.4, 0.5) is 0 Å². The highest BCUT2D eigenvalue weighted by Crippen LogP contribution is 2.10. The van der Waals surface area contributed by atoms with E-state index in [0.29, 0.717) is 6.42 Å². The molecule has 0 spiro atoms. The quantitative estimate of drug-likeness (QED) is 0.493. The standard InChI is InChI=1S/C6H14O5SSi/c1-2-3-4-5(6(7)11-13)12(8,9)10/h5H,2-4H2,1,13H3,(H,8,9,10). The summed E-state index contributed by atoms with van der Waals surface area (Å²) in [5, 5.41) is -1.40. The van der Waals surface area contributed by atoms with Crippen LogP contribution in [0.15, 0.2) is 0 Å². The maximum absolute atomic E-state index is 10.9. The fraction of sp³-hybridized carbons (Fsp3) is 0.833. The molecule has 0 heterocycles. The Bertz CT molecular complexity index is 260. The summed E-state index contributed by atoms with van der Waals surface area (Å²) in [5.41, 5.74) is 0. The molecule has 0 saturated heterocycles. The van der Waals surface area contributed by atoms with Crippen LogP contribution in [0.1, 0.15) is 26.2 Å². The number of carbonyl (C=O) groups is 1. The first-order valence-electron chi connectivity index (χ1n) is 3.97. The van der Waals surface area contributed by atoms with E-state index in [1.54, 1.807) is 0 Å². The van der Waals surface area contributed by atoms with E-state index < -0.39 is 21.3 Å². The van der Waals surface area contributed by atoms with E-state index in [2.05, 4.69) is 4.43 Å². The third-order valence-electron chi connectivity index (χ3n) is 1.64. The van der Waals surface area contributed by atoms with Crippen LogP contribution in [0.3, 0.4) is 0 Å². The maximum atomic E-state index is 10.9. The molecule has 1 atom stereocenters. The van der Waals surface area contributed by atoms with Crippen LogP contribution in [-0.4, -0.2) is 34.7 Å². The van der Waals surface area contributed by atoms with Crippen molar-refractivity contribution in [1.29, 1.82) is 0 Å². The second-order valence-corrected chi connectivity index (χ2v) is 4.68. The van der Waals surface area contributed by atoms with Crippen LogP contribution in [0.25, 0.3) is 0 Å². The van der Waals surface area contributed by atoms with Gasteiger partial charge in [0.1, 0.15) is 0 Å². The van der Waals surface area contributed by atoms with Crippen LogP contribution in [0.5, 0.6) is 0 Å². The molecule has 0 radical (unpaired) electrons. The smallest absolute Gasteiger partial charge is 0.312 e. The first-order chi connectivity index (χ1) is 5.93. The van der Waals surface area contributed by atoms with Gasteiger partial charge < -0.3 is 4.43 Å². The lowest BCUT2D eigenvalue weighted by Crippen LogP contribution is -2.31. The maximum Gasteiger partial charge on any atom is 0.312 e. The van der Waals surface area contributed by atoms with Gasteiger partial charge in [0.2, 0.25) is 10.5 Å². The predicted molar refractivity (Wildman–Crippen MR) is 50.9 cm³/mol. The van der Waals surface area contributed by atoms with Crippen molar-refractivity contribution in [3.63, 3.8) is 0 Å². The molecule has 1 unspecified atom stereocenters. The highest BCUT2D eigenvalue weighted by molar-refractivity contribution is 7.87. The third-order valence-corrected chi connectivity index (χ3v) is 3.19. The highest BCUT2D eigenvalue weighted by Gasteiger charge is 2.30. The zero-order chi connectivity index (χ0) is 10.5. The Morgan fingerprint density at radius 2 is 2.15 bits per heavy atom. The van der Waals surface area contributed by atoms with Crippen LogP contribution >= 0.6 is 0 Å². The van der Waals surface area contributed by atoms with Gasteiger partial charge in [-0.05, 0) is 6.42 Å². The Balaban J connectivity index is 4.47. The van der Waals surface area contributed by atoms with E-state index in [9.17, 15) is 13.2 Å². The summed E-state index contributed by atoms with van der Waals surface area (Å²) in [7, 11) is -4.16. The molecule has 0 aliphatic carbocycles. The molecule has 78 valence electrons. The van der Waals surface area contributed by atoms with Gasteiger partial charge in [0.15, 0.2) is 5.25 Å². The lowest BCUT2D eigenvalue weighted by atomic mass is 10.2. The SMILES string of the molecule is CCCCC(C(=O)O[SiH3])S(=O)(=O)O. The third kappa shape index (κ3) is 4.39. The first kappa shape index (κ1) is 12.6. The van der Waals surface area contributed by atoms with E-state index in [4.69, 9.17) is 4.55 Å². The minimum Gasteiger partial charge on any atom is -0.528 e. The molecule has 7 heteroatoms. The Morgan fingerprint density at radius 3 is 2.46 bits per heavy atom. The molecule has 0 bridgehead atoms. The Morgan fingerprint density at radius 1 is 1.62 bits per heavy atom. The molecule has 0 fully saturated rings. The molecule has 13 heavy (non-hydrogen) atoms. The molecular weight excluding hydrogens is 212 g/mol. The van der Waals surface area contributed by atoms with Gasteiger partial charge in [-0.15, -0.1) is 0 Å². The van der Waals surface area contributed by atoms with Crippen molar-refractivity contribution in [2.75, 3.05) is 0 Å². The number of unbranched alkanes of at least 4 members (excludes halogenated alkanes) is 1. The van der Waals surface area contributed by atoms with E-state index in [1.807, 2.05) is 6.92 Å². The minimum atomic E-state index is -4.30. The van der Waals surface area contributed by atoms with Gasteiger partial charge in [-0.2, -0.15) is 8.42 Å². The van der Waals surface area contributed by atoms with Gasteiger partial charge in [-0.3, -0.25) is 9.35 Å². The van der Waals surface area contributed by atoms with Gasteiger partial charge in [0.05, 0.1) is 0 Å². The summed E-state index contributed by atoms with van der Waals surface area (Å²) >= 11 is 0. The van der Waals surface area contributed by atoms with Crippen molar-refractivity contribution in [2.24, 2.45) is 0 Å². The first-order valence-corrected chi connectivity index (χ1v) is 6.29. The molecular formula is C6H14O5SSi. The van der Waals surface area contributed by atoms with Crippen molar-refractivity contribution >= 4 is 26.6 Å². The van der Waals surface area contributed by atoms with Gasteiger partial charge in [-0.1, -0.05) is 19.8 Å². The van der Waals surface area contributed by atoms with E-state index in [-0.39, 0.29) is 16.9 Å². The molecule has 0 aromatic heterocycles. The van der Waals surface area contributed by atoms with Crippen LogP contribution in [-0.2, 0) is 19.3 Å². The summed E-state index contributed by atoms with van der Waals surface area (Å²) in [4.78, 5) is 10.9. The molecule has 0 aliphatic rings. The predicted octanol–water partition coefficient (Wildman–Crippen LogP) is -0.743. The average Bonchev–Trinajstić information content (AvgIpc) is 2.02. The largest absolute Gasteiger partial charge is 0.528 e. The molecule has 0 amide bonds. The molecule has 5 nitrogen and oxygen atoms in total. The van der Waals surface area contributed by atoms with Crippen molar-refractivity contribution in [3.8, 4) is 0 Å². The van der Waals surface area contributed by atoms with Gasteiger partial charge in [0.25, 0.3) is 10.1 Å². The normalized spacial score (nSPS) is 14.0. The van der Waals surface area contributed by atoms with E-state index in [0.717, 1.165) is 6.42 Å². The Kier molecular flexibility index (Phi) is 5.19. The van der Waals surface area contributed by atoms with Crippen molar-refractivity contribution < 1.29 is 22.2 Å².